The van der Waals surface area contributed by atoms with Gasteiger partial charge < -0.3 is 0 Å². The van der Waals surface area contributed by atoms with E-state index in [-0.39, 0.29) is 0 Å². The highest BCUT2D eigenvalue weighted by Crippen LogP contribution is 2.33. The monoisotopic (exact) mass is 361 g/mol. The molecule has 0 amide bonds. The topological polar surface area (TPSA) is 44.5 Å². The number of allylic oxidation sites excluding steroid dienone is 1. The number of rotatable bonds is 9. The number of aromatic amines is 2. The summed E-state index contributed by atoms with van der Waals surface area (Å²) in [6.45, 7) is 10.8. The molecule has 2 N–H and O–H groups in total. The molecule has 1 aromatic carbocycles. The Balaban J connectivity index is 1.93. The number of aryl methyl sites for hydroxylation is 2. The maximum Gasteiger partial charge on any atom is 0.105 e. The molecule has 0 spiro atoms. The Bertz CT molecular complexity index is 898. The number of pyridine rings is 1. The number of hydrogen-bond acceptors (Lipinski definition) is 1. The van der Waals surface area contributed by atoms with Gasteiger partial charge in [-0.3, -0.25) is 15.2 Å². The lowest BCUT2D eigenvalue weighted by atomic mass is 9.91. The molecule has 0 unspecified atom stereocenters. The van der Waals surface area contributed by atoms with E-state index in [0.29, 0.717) is 0 Å². The predicted molar refractivity (Wildman–Crippen MR) is 116 cm³/mol. The van der Waals surface area contributed by atoms with E-state index in [4.69, 9.17) is 0 Å². The van der Waals surface area contributed by atoms with Crippen LogP contribution in [0.3, 0.4) is 0 Å². The van der Waals surface area contributed by atoms with Crippen molar-refractivity contribution in [3.63, 3.8) is 0 Å². The predicted octanol–water partition coefficient (Wildman–Crippen LogP) is 6.93. The van der Waals surface area contributed by atoms with Gasteiger partial charge in [0.2, 0.25) is 0 Å². The molecular weight excluding hydrogens is 330 g/mol. The average molecular weight is 362 g/mol. The minimum atomic E-state index is 0.982. The Labute approximate surface area is 162 Å². The van der Waals surface area contributed by atoms with Crippen LogP contribution in [0.4, 0.5) is 0 Å². The van der Waals surface area contributed by atoms with Crippen LogP contribution in [0.2, 0.25) is 0 Å². The third-order valence-electron chi connectivity index (χ3n) is 5.08. The number of benzene rings is 1. The molecule has 0 radical (unpaired) electrons. The standard InChI is InChI=1S/C24H31N3/c1-5-7-8-12-19-16-20(14-15-21(19)17(3)10-6-2)23-24(27-26-23)22-13-9-11-18(4)25-22/h9,11,13-16,26-27H,3,5-8,10,12H2,1-2,4H3. The first-order valence-electron chi connectivity index (χ1n) is 10.2. The van der Waals surface area contributed by atoms with Gasteiger partial charge in [-0.1, -0.05) is 57.9 Å². The van der Waals surface area contributed by atoms with Crippen LogP contribution in [-0.4, -0.2) is 15.2 Å². The lowest BCUT2D eigenvalue weighted by Gasteiger charge is -2.18. The van der Waals surface area contributed by atoms with E-state index >= 15 is 0 Å². The molecule has 0 fully saturated rings. The van der Waals surface area contributed by atoms with Crippen molar-refractivity contribution in [2.24, 2.45) is 0 Å². The molecule has 27 heavy (non-hydrogen) atoms. The van der Waals surface area contributed by atoms with Crippen LogP contribution in [0.5, 0.6) is 0 Å². The zero-order chi connectivity index (χ0) is 19.2. The van der Waals surface area contributed by atoms with Crippen LogP contribution in [0.25, 0.3) is 28.2 Å². The molecule has 0 aliphatic carbocycles. The molecule has 142 valence electrons. The number of aromatic nitrogens is 3. The molecule has 2 heterocycles. The summed E-state index contributed by atoms with van der Waals surface area (Å²) < 4.78 is 0. The van der Waals surface area contributed by atoms with E-state index in [2.05, 4.69) is 65.9 Å². The number of unbranched alkanes of at least 4 members (excludes halogenated alkanes) is 2. The molecule has 3 rings (SSSR count). The van der Waals surface area contributed by atoms with Gasteiger partial charge in [0.15, 0.2) is 0 Å². The fraction of sp³-hybridized carbons (Fsp3) is 0.375. The van der Waals surface area contributed by atoms with Gasteiger partial charge >= 0.3 is 0 Å². The van der Waals surface area contributed by atoms with E-state index in [0.717, 1.165) is 42.0 Å². The Morgan fingerprint density at radius 2 is 1.81 bits per heavy atom. The van der Waals surface area contributed by atoms with Crippen molar-refractivity contribution in [1.29, 1.82) is 0 Å². The summed E-state index contributed by atoms with van der Waals surface area (Å²) in [6.07, 6.45) is 7.04. The second-order valence-electron chi connectivity index (χ2n) is 7.35. The summed E-state index contributed by atoms with van der Waals surface area (Å²) in [5.41, 5.74) is 9.42. The first kappa shape index (κ1) is 19.2. The van der Waals surface area contributed by atoms with Crippen LogP contribution in [0.15, 0.2) is 43.0 Å². The summed E-state index contributed by atoms with van der Waals surface area (Å²) in [7, 11) is 0. The highest BCUT2D eigenvalue weighted by Gasteiger charge is 2.15. The molecule has 3 nitrogen and oxygen atoms in total. The maximum atomic E-state index is 4.65. The van der Waals surface area contributed by atoms with Crippen LogP contribution in [0, 0.1) is 6.92 Å². The molecule has 0 aliphatic heterocycles. The van der Waals surface area contributed by atoms with E-state index in [9.17, 15) is 0 Å². The van der Waals surface area contributed by atoms with Crippen LogP contribution < -0.4 is 0 Å². The molecule has 0 saturated carbocycles. The lowest BCUT2D eigenvalue weighted by Crippen LogP contribution is -2.03. The number of hydrogen-bond donors (Lipinski definition) is 2. The number of H-pyrrole nitrogens is 2. The Morgan fingerprint density at radius 1 is 1.00 bits per heavy atom. The quantitative estimate of drug-likeness (QED) is 0.399. The van der Waals surface area contributed by atoms with Gasteiger partial charge in [-0.15, -0.1) is 0 Å². The van der Waals surface area contributed by atoms with Gasteiger partial charge in [0.05, 0.1) is 11.4 Å². The van der Waals surface area contributed by atoms with E-state index in [1.54, 1.807) is 0 Å². The third kappa shape index (κ3) is 4.41. The zero-order valence-corrected chi connectivity index (χ0v) is 16.9. The highest BCUT2D eigenvalue weighted by molar-refractivity contribution is 5.79. The second-order valence-corrected chi connectivity index (χ2v) is 7.35. The fourth-order valence-corrected chi connectivity index (χ4v) is 3.58. The summed E-state index contributed by atoms with van der Waals surface area (Å²) in [5.74, 6) is 0. The van der Waals surface area contributed by atoms with Gasteiger partial charge in [0.1, 0.15) is 5.69 Å². The average Bonchev–Trinajstić information content (AvgIpc) is 2.61. The molecule has 0 bridgehead atoms. The van der Waals surface area contributed by atoms with E-state index in [1.807, 2.05) is 13.0 Å². The van der Waals surface area contributed by atoms with Gasteiger partial charge in [-0.05, 0) is 61.1 Å². The normalized spacial score (nSPS) is 11.1. The summed E-state index contributed by atoms with van der Waals surface area (Å²) >= 11 is 0. The molecule has 2 aromatic heterocycles. The Morgan fingerprint density at radius 3 is 2.48 bits per heavy atom. The fourth-order valence-electron chi connectivity index (χ4n) is 3.58. The molecule has 0 saturated heterocycles. The second kappa shape index (κ2) is 8.90. The number of nitrogens with zero attached hydrogens (tertiary/aromatic N) is 1. The first-order chi connectivity index (χ1) is 13.1. The van der Waals surface area contributed by atoms with Crippen molar-refractivity contribution < 1.29 is 0 Å². The molecular formula is C24H31N3. The highest BCUT2D eigenvalue weighted by atomic mass is 15.2. The van der Waals surface area contributed by atoms with E-state index < -0.39 is 0 Å². The summed E-state index contributed by atoms with van der Waals surface area (Å²) in [6, 6.07) is 12.9. The zero-order valence-electron chi connectivity index (χ0n) is 16.9. The van der Waals surface area contributed by atoms with Crippen molar-refractivity contribution in [2.75, 3.05) is 0 Å². The van der Waals surface area contributed by atoms with Gasteiger partial charge in [-0.25, -0.2) is 0 Å². The minimum absolute atomic E-state index is 0.982. The van der Waals surface area contributed by atoms with E-state index in [1.165, 1.54) is 41.5 Å². The van der Waals surface area contributed by atoms with Crippen molar-refractivity contribution >= 4 is 5.57 Å². The summed E-state index contributed by atoms with van der Waals surface area (Å²) in [5, 5.41) is 6.48. The third-order valence-corrected chi connectivity index (χ3v) is 5.08. The molecule has 0 aliphatic rings. The van der Waals surface area contributed by atoms with Gasteiger partial charge in [0.25, 0.3) is 0 Å². The Kier molecular flexibility index (Phi) is 6.33. The van der Waals surface area contributed by atoms with Gasteiger partial charge in [0, 0.05) is 11.3 Å². The SMILES string of the molecule is C=C(CCC)c1ccc(-c2[nH][nH]c2-c2cccc(C)n2)cc1CCCCC. The van der Waals surface area contributed by atoms with Crippen molar-refractivity contribution in [3.05, 3.63) is 59.8 Å². The molecule has 3 heteroatoms. The minimum Gasteiger partial charge on any atom is -0.298 e. The largest absolute Gasteiger partial charge is 0.298 e. The van der Waals surface area contributed by atoms with Crippen LogP contribution in [0.1, 0.15) is 62.8 Å². The Hall–Kier alpha value is -2.55. The van der Waals surface area contributed by atoms with Crippen LogP contribution >= 0.6 is 0 Å². The maximum absolute atomic E-state index is 4.65. The molecule has 3 aromatic rings. The summed E-state index contributed by atoms with van der Waals surface area (Å²) in [4.78, 5) is 4.65. The number of nitrogens with one attached hydrogen (secondary N) is 2. The molecule has 0 atom stereocenters. The lowest BCUT2D eigenvalue weighted by molar-refractivity contribution is 0.716. The first-order valence-corrected chi connectivity index (χ1v) is 10.2. The van der Waals surface area contributed by atoms with Crippen molar-refractivity contribution in [2.45, 2.75) is 59.3 Å². The van der Waals surface area contributed by atoms with Crippen LogP contribution in [-0.2, 0) is 6.42 Å². The van der Waals surface area contributed by atoms with Crippen molar-refractivity contribution in [1.82, 2.24) is 15.2 Å². The smallest absolute Gasteiger partial charge is 0.105 e. The van der Waals surface area contributed by atoms with Crippen molar-refractivity contribution in [3.8, 4) is 22.6 Å². The van der Waals surface area contributed by atoms with Gasteiger partial charge in [-0.2, -0.15) is 0 Å².